The summed E-state index contributed by atoms with van der Waals surface area (Å²) in [7, 11) is 0. The van der Waals surface area contributed by atoms with E-state index in [2.05, 4.69) is 5.10 Å². The maximum absolute atomic E-state index is 12.7. The number of piperazine rings is 1. The molecule has 0 radical (unpaired) electrons. The van der Waals surface area contributed by atoms with Crippen LogP contribution in [0, 0.1) is 10.1 Å². The van der Waals surface area contributed by atoms with Crippen LogP contribution in [0.5, 0.6) is 0 Å². The van der Waals surface area contributed by atoms with Gasteiger partial charge in [-0.05, 0) is 20.8 Å². The third-order valence-corrected chi connectivity index (χ3v) is 3.55. The molecule has 1 amide bonds. The van der Waals surface area contributed by atoms with Gasteiger partial charge in [-0.3, -0.25) is 10.1 Å². The molecule has 0 atom stereocenters. The van der Waals surface area contributed by atoms with Crippen molar-refractivity contribution in [2.24, 2.45) is 0 Å². The number of aromatic nitrogens is 2. The maximum Gasteiger partial charge on any atom is 0.410 e. The predicted molar refractivity (Wildman–Crippen MR) is 85.0 cm³/mol. The molecule has 0 aromatic carbocycles. The van der Waals surface area contributed by atoms with Gasteiger partial charge in [0.15, 0.2) is 0 Å². The second-order valence-electron chi connectivity index (χ2n) is 6.84. The summed E-state index contributed by atoms with van der Waals surface area (Å²) in [5, 5.41) is 14.6. The summed E-state index contributed by atoms with van der Waals surface area (Å²) in [5.41, 5.74) is -1.17. The number of amides is 1. The summed E-state index contributed by atoms with van der Waals surface area (Å²) in [4.78, 5) is 25.3. The van der Waals surface area contributed by atoms with Crippen molar-refractivity contribution in [3.8, 4) is 0 Å². The van der Waals surface area contributed by atoms with Gasteiger partial charge in [0.25, 0.3) is 0 Å². The first-order valence-electron chi connectivity index (χ1n) is 7.87. The Balaban J connectivity index is 2.14. The lowest BCUT2D eigenvalue weighted by Gasteiger charge is -2.36. The SMILES string of the molecule is CC(C)(C)OC(=O)N1CCN(c2c([N+](=O)[O-])cnn2CC(F)(F)F)CC1. The zero-order valence-electron chi connectivity index (χ0n) is 14.6. The number of carbonyl (C=O) groups is 1. The Kier molecular flexibility index (Phi) is 5.33. The standard InChI is InChI=1S/C14H20F3N5O4/c1-13(2,3)26-12(23)20-6-4-19(5-7-20)11-10(22(24)25)8-18-21(11)9-14(15,16)17/h8H,4-7,9H2,1-3H3. The lowest BCUT2D eigenvalue weighted by molar-refractivity contribution is -0.384. The Morgan fingerprint density at radius 2 is 1.85 bits per heavy atom. The van der Waals surface area contributed by atoms with Crippen LogP contribution in [0.25, 0.3) is 0 Å². The molecule has 0 unspecified atom stereocenters. The van der Waals surface area contributed by atoms with E-state index in [1.54, 1.807) is 20.8 Å². The van der Waals surface area contributed by atoms with E-state index in [0.29, 0.717) is 4.68 Å². The topological polar surface area (TPSA) is 93.7 Å². The van der Waals surface area contributed by atoms with Gasteiger partial charge >= 0.3 is 18.0 Å². The molecule has 0 saturated carbocycles. The number of carbonyl (C=O) groups excluding carboxylic acids is 1. The molecule has 0 spiro atoms. The first-order valence-corrected chi connectivity index (χ1v) is 7.87. The van der Waals surface area contributed by atoms with Crippen LogP contribution in [-0.4, -0.2) is 63.7 Å². The number of rotatable bonds is 3. The number of nitro groups is 1. The van der Waals surface area contributed by atoms with E-state index < -0.39 is 35.0 Å². The van der Waals surface area contributed by atoms with Crippen LogP contribution in [0.1, 0.15) is 20.8 Å². The predicted octanol–water partition coefficient (Wildman–Crippen LogP) is 2.41. The van der Waals surface area contributed by atoms with Crippen molar-refractivity contribution < 1.29 is 27.6 Å². The van der Waals surface area contributed by atoms with Gasteiger partial charge in [-0.15, -0.1) is 0 Å². The minimum atomic E-state index is -4.56. The van der Waals surface area contributed by atoms with Gasteiger partial charge in [-0.25, -0.2) is 9.48 Å². The first kappa shape index (κ1) is 19.8. The van der Waals surface area contributed by atoms with Crippen molar-refractivity contribution in [1.82, 2.24) is 14.7 Å². The molecule has 0 aliphatic carbocycles. The van der Waals surface area contributed by atoms with Crippen molar-refractivity contribution in [3.63, 3.8) is 0 Å². The fraction of sp³-hybridized carbons (Fsp3) is 0.714. The van der Waals surface area contributed by atoms with Crippen LogP contribution in [0.15, 0.2) is 6.20 Å². The highest BCUT2D eigenvalue weighted by atomic mass is 19.4. The fourth-order valence-corrected chi connectivity index (χ4v) is 2.54. The maximum atomic E-state index is 12.7. The van der Waals surface area contributed by atoms with Crippen molar-refractivity contribution in [2.75, 3.05) is 31.1 Å². The van der Waals surface area contributed by atoms with Crippen LogP contribution in [0.2, 0.25) is 0 Å². The van der Waals surface area contributed by atoms with E-state index in [1.807, 2.05) is 0 Å². The third-order valence-electron chi connectivity index (χ3n) is 3.55. The lowest BCUT2D eigenvalue weighted by Crippen LogP contribution is -2.50. The Bertz CT molecular complexity index is 675. The summed E-state index contributed by atoms with van der Waals surface area (Å²) in [6.45, 7) is 4.34. The second kappa shape index (κ2) is 7.00. The van der Waals surface area contributed by atoms with Crippen LogP contribution >= 0.6 is 0 Å². The van der Waals surface area contributed by atoms with Gasteiger partial charge in [0.1, 0.15) is 18.3 Å². The highest BCUT2D eigenvalue weighted by Gasteiger charge is 2.36. The molecule has 1 aliphatic rings. The molecule has 1 aliphatic heterocycles. The van der Waals surface area contributed by atoms with Crippen LogP contribution in [-0.2, 0) is 11.3 Å². The molecule has 26 heavy (non-hydrogen) atoms. The summed E-state index contributed by atoms with van der Waals surface area (Å²) in [6.07, 6.45) is -4.29. The highest BCUT2D eigenvalue weighted by Crippen LogP contribution is 2.31. The van der Waals surface area contributed by atoms with Gasteiger partial charge < -0.3 is 14.5 Å². The number of hydrogen-bond acceptors (Lipinski definition) is 6. The minimum absolute atomic E-state index is 0.129. The molecular weight excluding hydrogens is 359 g/mol. The lowest BCUT2D eigenvalue weighted by atomic mass is 10.2. The van der Waals surface area contributed by atoms with Gasteiger partial charge in [-0.1, -0.05) is 0 Å². The number of ether oxygens (including phenoxy) is 1. The molecule has 2 heterocycles. The van der Waals surface area contributed by atoms with Crippen LogP contribution in [0.3, 0.4) is 0 Å². The smallest absolute Gasteiger partial charge is 0.410 e. The summed E-state index contributed by atoms with van der Waals surface area (Å²) >= 11 is 0. The Labute approximate surface area is 147 Å². The molecule has 1 aromatic rings. The van der Waals surface area contributed by atoms with Crippen molar-refractivity contribution in [1.29, 1.82) is 0 Å². The monoisotopic (exact) mass is 379 g/mol. The molecule has 0 N–H and O–H groups in total. The number of alkyl halides is 3. The summed E-state index contributed by atoms with van der Waals surface area (Å²) in [5.74, 6) is -0.212. The average molecular weight is 379 g/mol. The number of nitrogens with zero attached hydrogens (tertiary/aromatic N) is 5. The van der Waals surface area contributed by atoms with E-state index in [4.69, 9.17) is 4.74 Å². The Hall–Kier alpha value is -2.53. The van der Waals surface area contributed by atoms with Gasteiger partial charge in [-0.2, -0.15) is 18.3 Å². The first-order chi connectivity index (χ1) is 11.9. The Morgan fingerprint density at radius 1 is 1.27 bits per heavy atom. The molecule has 146 valence electrons. The average Bonchev–Trinajstić information content (AvgIpc) is 2.87. The van der Waals surface area contributed by atoms with Crippen molar-refractivity contribution in [3.05, 3.63) is 16.3 Å². The van der Waals surface area contributed by atoms with Crippen molar-refractivity contribution >= 4 is 17.6 Å². The van der Waals surface area contributed by atoms with Crippen molar-refractivity contribution in [2.45, 2.75) is 39.1 Å². The second-order valence-corrected chi connectivity index (χ2v) is 6.84. The number of halogens is 3. The van der Waals surface area contributed by atoms with Gasteiger partial charge in [0, 0.05) is 26.2 Å². The highest BCUT2D eigenvalue weighted by molar-refractivity contribution is 5.69. The third kappa shape index (κ3) is 4.99. The summed E-state index contributed by atoms with van der Waals surface area (Å²) in [6, 6.07) is 0. The van der Waals surface area contributed by atoms with E-state index in [-0.39, 0.29) is 32.0 Å². The minimum Gasteiger partial charge on any atom is -0.444 e. The molecule has 9 nitrogen and oxygen atoms in total. The molecule has 2 rings (SSSR count). The normalized spacial score (nSPS) is 15.9. The van der Waals surface area contributed by atoms with E-state index in [0.717, 1.165) is 6.20 Å². The van der Waals surface area contributed by atoms with E-state index >= 15 is 0 Å². The molecule has 1 saturated heterocycles. The largest absolute Gasteiger partial charge is 0.444 e. The molecule has 1 aromatic heterocycles. The molecule has 1 fully saturated rings. The summed E-state index contributed by atoms with van der Waals surface area (Å²) < 4.78 is 43.9. The van der Waals surface area contributed by atoms with E-state index in [9.17, 15) is 28.1 Å². The van der Waals surface area contributed by atoms with Crippen LogP contribution in [0.4, 0.5) is 29.5 Å². The van der Waals surface area contributed by atoms with Gasteiger partial charge in [0.2, 0.25) is 5.82 Å². The quantitative estimate of drug-likeness (QED) is 0.591. The molecule has 0 bridgehead atoms. The molecular formula is C14H20F3N5O4. The van der Waals surface area contributed by atoms with E-state index in [1.165, 1.54) is 9.80 Å². The van der Waals surface area contributed by atoms with Gasteiger partial charge in [0.05, 0.1) is 4.92 Å². The zero-order chi connectivity index (χ0) is 19.7. The zero-order valence-corrected chi connectivity index (χ0v) is 14.6. The Morgan fingerprint density at radius 3 is 2.31 bits per heavy atom. The number of hydrogen-bond donors (Lipinski definition) is 0. The number of anilines is 1. The molecule has 12 heteroatoms. The fourth-order valence-electron chi connectivity index (χ4n) is 2.54. The van der Waals surface area contributed by atoms with Crippen LogP contribution < -0.4 is 4.90 Å².